The minimum Gasteiger partial charge on any atom is -0.454 e. The number of benzene rings is 2. The summed E-state index contributed by atoms with van der Waals surface area (Å²) < 4.78 is 5.92. The SMILES string of the molecule is O=C(COC(=O)c1cccc(I)c1)c1ccc(Cl)c(Cl)c1. The zero-order chi connectivity index (χ0) is 15.4. The second-order valence-corrected chi connectivity index (χ2v) is 6.20. The summed E-state index contributed by atoms with van der Waals surface area (Å²) in [5, 5.41) is 0.649. The van der Waals surface area contributed by atoms with Crippen LogP contribution in [-0.2, 0) is 4.74 Å². The molecule has 0 fully saturated rings. The Labute approximate surface area is 145 Å². The average molecular weight is 435 g/mol. The van der Waals surface area contributed by atoms with Crippen molar-refractivity contribution in [3.05, 3.63) is 67.2 Å². The Hall–Kier alpha value is -1.11. The van der Waals surface area contributed by atoms with Gasteiger partial charge in [-0.2, -0.15) is 0 Å². The van der Waals surface area contributed by atoms with Gasteiger partial charge in [0, 0.05) is 9.13 Å². The molecule has 0 aliphatic heterocycles. The molecular weight excluding hydrogens is 426 g/mol. The van der Waals surface area contributed by atoms with Crippen LogP contribution in [0.25, 0.3) is 0 Å². The minimum atomic E-state index is -0.540. The third-order valence-corrected chi connectivity index (χ3v) is 4.05. The number of rotatable bonds is 4. The number of ketones is 1. The predicted octanol–water partition coefficient (Wildman–Crippen LogP) is 4.64. The van der Waals surface area contributed by atoms with Gasteiger partial charge in [0.25, 0.3) is 0 Å². The van der Waals surface area contributed by atoms with Crippen LogP contribution in [-0.4, -0.2) is 18.4 Å². The van der Waals surface area contributed by atoms with Crippen LogP contribution >= 0.6 is 45.8 Å². The maximum atomic E-state index is 11.9. The van der Waals surface area contributed by atoms with Crippen LogP contribution in [0.3, 0.4) is 0 Å². The van der Waals surface area contributed by atoms with E-state index in [2.05, 4.69) is 22.6 Å². The van der Waals surface area contributed by atoms with Gasteiger partial charge in [-0.15, -0.1) is 0 Å². The lowest BCUT2D eigenvalue weighted by Crippen LogP contribution is -2.14. The molecule has 0 amide bonds. The van der Waals surface area contributed by atoms with Gasteiger partial charge in [0.05, 0.1) is 15.6 Å². The molecule has 0 aliphatic rings. The number of halogens is 3. The predicted molar refractivity (Wildman–Crippen MR) is 90.2 cm³/mol. The Bertz CT molecular complexity index is 701. The molecule has 0 heterocycles. The van der Waals surface area contributed by atoms with E-state index < -0.39 is 5.97 Å². The molecule has 3 nitrogen and oxygen atoms in total. The van der Waals surface area contributed by atoms with Crippen LogP contribution in [0.4, 0.5) is 0 Å². The average Bonchev–Trinajstić information content (AvgIpc) is 2.47. The van der Waals surface area contributed by atoms with E-state index in [1.54, 1.807) is 18.2 Å². The Morgan fingerprint density at radius 1 is 1.00 bits per heavy atom. The second-order valence-electron chi connectivity index (χ2n) is 4.14. The topological polar surface area (TPSA) is 43.4 Å². The molecule has 108 valence electrons. The molecule has 2 rings (SSSR count). The summed E-state index contributed by atoms with van der Waals surface area (Å²) >= 11 is 13.7. The molecule has 0 spiro atoms. The van der Waals surface area contributed by atoms with Gasteiger partial charge in [0.15, 0.2) is 12.4 Å². The highest BCUT2D eigenvalue weighted by Crippen LogP contribution is 2.22. The molecule has 0 saturated carbocycles. The normalized spacial score (nSPS) is 10.2. The van der Waals surface area contributed by atoms with Crippen LogP contribution in [0.5, 0.6) is 0 Å². The standard InChI is InChI=1S/C15H9Cl2IO3/c16-12-5-4-9(7-13(12)17)14(19)8-21-15(20)10-2-1-3-11(18)6-10/h1-7H,8H2. The number of esters is 1. The third kappa shape index (κ3) is 4.43. The summed E-state index contributed by atoms with van der Waals surface area (Å²) in [5.41, 5.74) is 0.753. The summed E-state index contributed by atoms with van der Waals surface area (Å²) in [4.78, 5) is 23.8. The van der Waals surface area contributed by atoms with E-state index in [1.165, 1.54) is 18.2 Å². The molecule has 0 aromatic heterocycles. The van der Waals surface area contributed by atoms with Crippen LogP contribution in [0.2, 0.25) is 10.0 Å². The molecule has 0 radical (unpaired) electrons. The molecule has 6 heteroatoms. The molecule has 0 saturated heterocycles. The first kappa shape index (κ1) is 16.3. The zero-order valence-electron chi connectivity index (χ0n) is 10.6. The highest BCUT2D eigenvalue weighted by molar-refractivity contribution is 14.1. The second kappa shape index (κ2) is 7.24. The summed E-state index contributed by atoms with van der Waals surface area (Å²) in [6.45, 7) is -0.345. The van der Waals surface area contributed by atoms with E-state index in [4.69, 9.17) is 27.9 Å². The van der Waals surface area contributed by atoms with Crippen molar-refractivity contribution in [3.8, 4) is 0 Å². The van der Waals surface area contributed by atoms with E-state index in [0.717, 1.165) is 3.57 Å². The monoisotopic (exact) mass is 434 g/mol. The lowest BCUT2D eigenvalue weighted by molar-refractivity contribution is 0.0474. The number of ether oxygens (including phenoxy) is 1. The van der Waals surface area contributed by atoms with Crippen LogP contribution in [0, 0.1) is 3.57 Å². The summed E-state index contributed by atoms with van der Waals surface area (Å²) in [6, 6.07) is 11.4. The van der Waals surface area contributed by atoms with Crippen molar-refractivity contribution in [2.45, 2.75) is 0 Å². The van der Waals surface area contributed by atoms with Gasteiger partial charge in [0.2, 0.25) is 0 Å². The first-order chi connectivity index (χ1) is 9.97. The van der Waals surface area contributed by atoms with E-state index in [0.29, 0.717) is 16.1 Å². The van der Waals surface area contributed by atoms with Gasteiger partial charge in [-0.25, -0.2) is 4.79 Å². The Morgan fingerprint density at radius 2 is 1.76 bits per heavy atom. The van der Waals surface area contributed by atoms with Crippen LogP contribution in [0.1, 0.15) is 20.7 Å². The highest BCUT2D eigenvalue weighted by atomic mass is 127. The van der Waals surface area contributed by atoms with Gasteiger partial charge in [-0.3, -0.25) is 4.79 Å². The van der Waals surface area contributed by atoms with E-state index in [9.17, 15) is 9.59 Å². The number of hydrogen-bond donors (Lipinski definition) is 0. The van der Waals surface area contributed by atoms with Crippen LogP contribution in [0.15, 0.2) is 42.5 Å². The van der Waals surface area contributed by atoms with Crippen molar-refractivity contribution in [1.29, 1.82) is 0 Å². The summed E-state index contributed by atoms with van der Waals surface area (Å²) in [7, 11) is 0. The van der Waals surface area contributed by atoms with E-state index >= 15 is 0 Å². The fraction of sp³-hybridized carbons (Fsp3) is 0.0667. The maximum Gasteiger partial charge on any atom is 0.338 e. The minimum absolute atomic E-state index is 0.284. The van der Waals surface area contributed by atoms with E-state index in [1.807, 2.05) is 6.07 Å². The van der Waals surface area contributed by atoms with Crippen molar-refractivity contribution < 1.29 is 14.3 Å². The Morgan fingerprint density at radius 3 is 2.43 bits per heavy atom. The highest BCUT2D eigenvalue weighted by Gasteiger charge is 2.13. The van der Waals surface area contributed by atoms with E-state index in [-0.39, 0.29) is 17.4 Å². The van der Waals surface area contributed by atoms with Crippen molar-refractivity contribution in [1.82, 2.24) is 0 Å². The molecule has 2 aromatic carbocycles. The van der Waals surface area contributed by atoms with Gasteiger partial charge in [-0.05, 0) is 59.0 Å². The van der Waals surface area contributed by atoms with Crippen molar-refractivity contribution in [3.63, 3.8) is 0 Å². The van der Waals surface area contributed by atoms with Gasteiger partial charge >= 0.3 is 5.97 Å². The molecule has 2 aromatic rings. The van der Waals surface area contributed by atoms with Crippen molar-refractivity contribution in [2.24, 2.45) is 0 Å². The molecule has 0 aliphatic carbocycles. The zero-order valence-corrected chi connectivity index (χ0v) is 14.3. The number of Topliss-reactive ketones (excluding diaryl/α,β-unsaturated/α-hetero) is 1. The Kier molecular flexibility index (Phi) is 5.61. The Balaban J connectivity index is 2.00. The maximum absolute atomic E-state index is 11.9. The molecular formula is C15H9Cl2IO3. The largest absolute Gasteiger partial charge is 0.454 e. The summed E-state index contributed by atoms with van der Waals surface area (Å²) in [6.07, 6.45) is 0. The lowest BCUT2D eigenvalue weighted by atomic mass is 10.1. The van der Waals surface area contributed by atoms with Gasteiger partial charge < -0.3 is 4.74 Å². The molecule has 0 bridgehead atoms. The smallest absolute Gasteiger partial charge is 0.338 e. The third-order valence-electron chi connectivity index (χ3n) is 2.64. The molecule has 0 atom stereocenters. The molecule has 21 heavy (non-hydrogen) atoms. The van der Waals surface area contributed by atoms with Crippen molar-refractivity contribution >= 4 is 57.5 Å². The number of carbonyl (C=O) groups is 2. The fourth-order valence-electron chi connectivity index (χ4n) is 1.58. The molecule has 0 unspecified atom stereocenters. The molecule has 0 N–H and O–H groups in total. The fourth-order valence-corrected chi connectivity index (χ4v) is 2.42. The lowest BCUT2D eigenvalue weighted by Gasteiger charge is -2.05. The van der Waals surface area contributed by atoms with Gasteiger partial charge in [0.1, 0.15) is 0 Å². The number of carbonyl (C=O) groups excluding carboxylic acids is 2. The quantitative estimate of drug-likeness (QED) is 0.400. The number of hydrogen-bond acceptors (Lipinski definition) is 3. The summed E-state index contributed by atoms with van der Waals surface area (Å²) in [5.74, 6) is -0.880. The first-order valence-electron chi connectivity index (χ1n) is 5.88. The first-order valence-corrected chi connectivity index (χ1v) is 7.72. The van der Waals surface area contributed by atoms with Crippen molar-refractivity contribution in [2.75, 3.05) is 6.61 Å². The van der Waals surface area contributed by atoms with Gasteiger partial charge in [-0.1, -0.05) is 29.3 Å². The van der Waals surface area contributed by atoms with Crippen LogP contribution < -0.4 is 0 Å².